The number of amides is 1. The molecule has 0 spiro atoms. The van der Waals surface area contributed by atoms with Crippen molar-refractivity contribution in [3.05, 3.63) is 65.8 Å². The molecule has 2 aromatic carbocycles. The summed E-state index contributed by atoms with van der Waals surface area (Å²) in [6.45, 7) is 2.61. The number of pyridine rings is 1. The normalized spacial score (nSPS) is 12.0. The highest BCUT2D eigenvalue weighted by atomic mass is 19.4. The lowest BCUT2D eigenvalue weighted by atomic mass is 9.89. The first kappa shape index (κ1) is 28.8. The Morgan fingerprint density at radius 1 is 1.00 bits per heavy atom. The molecule has 0 aliphatic carbocycles. The Morgan fingerprint density at radius 2 is 1.77 bits per heavy atom. The highest BCUT2D eigenvalue weighted by Crippen LogP contribution is 2.41. The van der Waals surface area contributed by atoms with Crippen LogP contribution in [0.4, 0.5) is 23.4 Å². The molecule has 4 aromatic rings. The zero-order chi connectivity index (χ0) is 29.1. The van der Waals surface area contributed by atoms with Crippen molar-refractivity contribution in [3.63, 3.8) is 0 Å². The number of nitrogens with one attached hydrogen (secondary N) is 1. The van der Waals surface area contributed by atoms with E-state index in [-0.39, 0.29) is 17.8 Å². The molecule has 212 valence electrons. The maximum atomic E-state index is 15.0. The minimum Gasteiger partial charge on any atom is -0.493 e. The third kappa shape index (κ3) is 6.17. The van der Waals surface area contributed by atoms with Gasteiger partial charge in [-0.25, -0.2) is 4.39 Å². The van der Waals surface area contributed by atoms with E-state index in [0.29, 0.717) is 41.4 Å². The molecule has 2 heterocycles. The largest absolute Gasteiger partial charge is 0.493 e. The molecule has 0 fully saturated rings. The lowest BCUT2D eigenvalue weighted by Gasteiger charge is -2.24. The van der Waals surface area contributed by atoms with Crippen LogP contribution < -0.4 is 14.8 Å². The van der Waals surface area contributed by atoms with Crippen LogP contribution in [0.1, 0.15) is 25.2 Å². The first-order valence-corrected chi connectivity index (χ1v) is 12.1. The van der Waals surface area contributed by atoms with Gasteiger partial charge in [0.15, 0.2) is 23.1 Å². The van der Waals surface area contributed by atoms with Gasteiger partial charge in [-0.05, 0) is 43.2 Å². The number of nitrogens with zero attached hydrogens (tertiary/aromatic N) is 2. The van der Waals surface area contributed by atoms with Crippen LogP contribution in [0, 0.1) is 5.82 Å². The van der Waals surface area contributed by atoms with E-state index in [0.717, 1.165) is 25.3 Å². The Hall–Kier alpha value is -4.19. The van der Waals surface area contributed by atoms with Gasteiger partial charge in [-0.3, -0.25) is 9.78 Å². The molecule has 1 amide bonds. The SMILES string of the molecule is COCCOc1cc2cc(-c3ccc(CC(=O)Nc4cc(C(C)(C)C(F)(F)F)on4)c(F)c3)cnc2cc1OC. The number of anilines is 1. The predicted molar refractivity (Wildman–Crippen MR) is 139 cm³/mol. The highest BCUT2D eigenvalue weighted by molar-refractivity contribution is 5.91. The predicted octanol–water partition coefficient (Wildman–Crippen LogP) is 6.08. The molecular weight excluding hydrogens is 534 g/mol. The molecule has 0 aliphatic heterocycles. The summed E-state index contributed by atoms with van der Waals surface area (Å²) in [6.07, 6.45) is -3.35. The maximum absolute atomic E-state index is 15.0. The molecule has 0 saturated carbocycles. The molecule has 4 rings (SSSR count). The number of carbonyl (C=O) groups excluding carboxylic acids is 1. The van der Waals surface area contributed by atoms with E-state index in [1.54, 1.807) is 31.5 Å². The summed E-state index contributed by atoms with van der Waals surface area (Å²) < 4.78 is 75.6. The third-order valence-electron chi connectivity index (χ3n) is 6.35. The number of benzene rings is 2. The standard InChI is InChI=1S/C28H27F4N3O5/c1-27(2,28(30,31)32)24-14-25(35-40-24)34-26(36)12-17-6-5-16(10-20(17)29)19-9-18-11-23(39-8-7-37-3)22(38-4)13-21(18)33-15-19/h5-6,9-11,13-15H,7-8,12H2,1-4H3,(H,34,35,36). The van der Waals surface area contributed by atoms with Crippen LogP contribution in [0.2, 0.25) is 0 Å². The van der Waals surface area contributed by atoms with E-state index in [2.05, 4.69) is 15.5 Å². The van der Waals surface area contributed by atoms with Gasteiger partial charge in [-0.15, -0.1) is 0 Å². The van der Waals surface area contributed by atoms with Gasteiger partial charge in [0.2, 0.25) is 5.91 Å². The summed E-state index contributed by atoms with van der Waals surface area (Å²) in [6, 6.07) is 10.7. The number of aromatic nitrogens is 2. The smallest absolute Gasteiger partial charge is 0.401 e. The maximum Gasteiger partial charge on any atom is 0.401 e. The Morgan fingerprint density at radius 3 is 2.45 bits per heavy atom. The number of hydrogen-bond donors (Lipinski definition) is 1. The van der Waals surface area contributed by atoms with Crippen LogP contribution in [0.3, 0.4) is 0 Å². The Bertz CT molecular complexity index is 1520. The van der Waals surface area contributed by atoms with Gasteiger partial charge in [0.1, 0.15) is 17.8 Å². The average Bonchev–Trinajstić information content (AvgIpc) is 3.37. The van der Waals surface area contributed by atoms with Gasteiger partial charge in [0.05, 0.1) is 25.7 Å². The van der Waals surface area contributed by atoms with Crippen LogP contribution in [-0.2, 0) is 21.4 Å². The number of rotatable bonds is 10. The van der Waals surface area contributed by atoms with Gasteiger partial charge in [-0.1, -0.05) is 17.3 Å². The first-order chi connectivity index (χ1) is 18.9. The summed E-state index contributed by atoms with van der Waals surface area (Å²) >= 11 is 0. The van der Waals surface area contributed by atoms with E-state index in [1.165, 1.54) is 19.2 Å². The summed E-state index contributed by atoms with van der Waals surface area (Å²) in [7, 11) is 3.10. The van der Waals surface area contributed by atoms with E-state index in [4.69, 9.17) is 18.7 Å². The van der Waals surface area contributed by atoms with E-state index in [1.807, 2.05) is 6.07 Å². The fraction of sp³-hybridized carbons (Fsp3) is 0.321. The number of hydrogen-bond acceptors (Lipinski definition) is 7. The molecule has 8 nitrogen and oxygen atoms in total. The minimum absolute atomic E-state index is 0.0907. The molecule has 1 N–H and O–H groups in total. The van der Waals surface area contributed by atoms with Crippen LogP contribution in [0.25, 0.3) is 22.0 Å². The van der Waals surface area contributed by atoms with Crippen molar-refractivity contribution in [2.24, 2.45) is 0 Å². The van der Waals surface area contributed by atoms with Gasteiger partial charge < -0.3 is 24.1 Å². The average molecular weight is 562 g/mol. The van der Waals surface area contributed by atoms with Crippen LogP contribution in [0.15, 0.2) is 53.2 Å². The molecule has 12 heteroatoms. The van der Waals surface area contributed by atoms with Crippen LogP contribution in [0.5, 0.6) is 11.5 Å². The zero-order valence-electron chi connectivity index (χ0n) is 22.2. The Balaban J connectivity index is 1.49. The molecular formula is C28H27F4N3O5. The molecule has 0 bridgehead atoms. The van der Waals surface area contributed by atoms with Crippen molar-refractivity contribution < 1.29 is 41.1 Å². The van der Waals surface area contributed by atoms with Crippen LogP contribution in [-0.4, -0.2) is 49.7 Å². The minimum atomic E-state index is -4.58. The Kier molecular flexibility index (Phi) is 8.29. The van der Waals surface area contributed by atoms with E-state index in [9.17, 15) is 22.4 Å². The second kappa shape index (κ2) is 11.5. The fourth-order valence-corrected chi connectivity index (χ4v) is 3.80. The number of halogens is 4. The number of alkyl halides is 3. The number of methoxy groups -OCH3 is 2. The summed E-state index contributed by atoms with van der Waals surface area (Å²) in [4.78, 5) is 16.9. The second-order valence-electron chi connectivity index (χ2n) is 9.49. The van der Waals surface area contributed by atoms with E-state index >= 15 is 0 Å². The van der Waals surface area contributed by atoms with Gasteiger partial charge in [-0.2, -0.15) is 13.2 Å². The summed E-state index contributed by atoms with van der Waals surface area (Å²) in [5, 5.41) is 6.57. The van der Waals surface area contributed by atoms with Crippen LogP contribution >= 0.6 is 0 Å². The number of carbonyl (C=O) groups is 1. The molecule has 40 heavy (non-hydrogen) atoms. The van der Waals surface area contributed by atoms with Crippen molar-refractivity contribution in [3.8, 4) is 22.6 Å². The van der Waals surface area contributed by atoms with Crippen molar-refractivity contribution in [1.82, 2.24) is 10.1 Å². The molecule has 0 radical (unpaired) electrons. The highest BCUT2D eigenvalue weighted by Gasteiger charge is 2.51. The number of fused-ring (bicyclic) bond motifs is 1. The topological polar surface area (TPSA) is 95.7 Å². The first-order valence-electron chi connectivity index (χ1n) is 12.1. The lowest BCUT2D eigenvalue weighted by Crippen LogP contribution is -2.35. The zero-order valence-corrected chi connectivity index (χ0v) is 22.2. The van der Waals surface area contributed by atoms with Crippen molar-refractivity contribution in [1.29, 1.82) is 0 Å². The van der Waals surface area contributed by atoms with Crippen molar-refractivity contribution in [2.45, 2.75) is 31.9 Å². The molecule has 0 atom stereocenters. The third-order valence-corrected chi connectivity index (χ3v) is 6.35. The second-order valence-corrected chi connectivity index (χ2v) is 9.49. The quantitative estimate of drug-likeness (QED) is 0.185. The molecule has 2 aromatic heterocycles. The van der Waals surface area contributed by atoms with Gasteiger partial charge in [0, 0.05) is 36.4 Å². The lowest BCUT2D eigenvalue weighted by molar-refractivity contribution is -0.185. The van der Waals surface area contributed by atoms with Gasteiger partial charge in [0.25, 0.3) is 0 Å². The molecule has 0 aliphatic rings. The fourth-order valence-electron chi connectivity index (χ4n) is 3.80. The number of ether oxygens (including phenoxy) is 3. The van der Waals surface area contributed by atoms with Gasteiger partial charge >= 0.3 is 6.18 Å². The molecule has 0 unspecified atom stereocenters. The monoisotopic (exact) mass is 561 g/mol. The van der Waals surface area contributed by atoms with E-state index < -0.39 is 29.1 Å². The molecule has 0 saturated heterocycles. The summed E-state index contributed by atoms with van der Waals surface area (Å²) in [5.41, 5.74) is -0.384. The summed E-state index contributed by atoms with van der Waals surface area (Å²) in [5.74, 6) is -0.923. The van der Waals surface area contributed by atoms with Crippen molar-refractivity contribution >= 4 is 22.6 Å². The Labute approximate surface area is 227 Å². The van der Waals surface area contributed by atoms with Crippen molar-refractivity contribution in [2.75, 3.05) is 32.8 Å².